The third-order valence-electron chi connectivity index (χ3n) is 3.75. The molecule has 1 atom stereocenters. The number of benzene rings is 1. The van der Waals surface area contributed by atoms with E-state index < -0.39 is 0 Å². The van der Waals surface area contributed by atoms with Crippen molar-refractivity contribution in [3.05, 3.63) is 35.6 Å². The number of rotatable bonds is 10. The van der Waals surface area contributed by atoms with Gasteiger partial charge >= 0.3 is 0 Å². The first-order valence-electron chi connectivity index (χ1n) is 8.88. The zero-order valence-electron chi connectivity index (χ0n) is 16.2. The van der Waals surface area contributed by atoms with Gasteiger partial charge in [0.1, 0.15) is 5.82 Å². The first kappa shape index (κ1) is 21.4. The number of guanidine groups is 1. The normalized spacial score (nSPS) is 13.4. The minimum absolute atomic E-state index is 0.0589. The fraction of sp³-hybridized carbons (Fsp3) is 0.632. The average Bonchev–Trinajstić information content (AvgIpc) is 2.55. The first-order chi connectivity index (χ1) is 11.9. The van der Waals surface area contributed by atoms with Crippen molar-refractivity contribution in [2.24, 2.45) is 10.9 Å². The van der Waals surface area contributed by atoms with Crippen LogP contribution in [0, 0.1) is 11.7 Å². The molecule has 1 rings (SSSR count). The van der Waals surface area contributed by atoms with Crippen LogP contribution in [0.2, 0.25) is 0 Å². The van der Waals surface area contributed by atoms with Gasteiger partial charge in [-0.1, -0.05) is 26.0 Å². The van der Waals surface area contributed by atoms with E-state index in [-0.39, 0.29) is 11.9 Å². The largest absolute Gasteiger partial charge is 0.381 e. The summed E-state index contributed by atoms with van der Waals surface area (Å²) in [5, 5.41) is 6.59. The molecule has 0 amide bonds. The van der Waals surface area contributed by atoms with Crippen molar-refractivity contribution < 1.29 is 9.13 Å². The highest BCUT2D eigenvalue weighted by atomic mass is 19.1. The van der Waals surface area contributed by atoms with Crippen molar-refractivity contribution in [1.29, 1.82) is 0 Å². The van der Waals surface area contributed by atoms with Gasteiger partial charge in [0.05, 0.1) is 6.04 Å². The van der Waals surface area contributed by atoms with E-state index >= 15 is 0 Å². The summed E-state index contributed by atoms with van der Waals surface area (Å²) in [6.45, 7) is 7.26. The molecule has 0 saturated heterocycles. The number of halogens is 1. The molecule has 0 saturated carbocycles. The Hall–Kier alpha value is -1.66. The Bertz CT molecular complexity index is 520. The molecule has 0 aromatic heterocycles. The predicted octanol–water partition coefficient (Wildman–Crippen LogP) is 2.66. The molecule has 1 aromatic rings. The molecular formula is C19H33FN4O. The zero-order chi connectivity index (χ0) is 18.7. The van der Waals surface area contributed by atoms with Gasteiger partial charge < -0.3 is 20.3 Å². The highest BCUT2D eigenvalue weighted by Gasteiger charge is 2.15. The summed E-state index contributed by atoms with van der Waals surface area (Å²) in [7, 11) is 5.72. The van der Waals surface area contributed by atoms with Crippen LogP contribution in [-0.4, -0.2) is 58.3 Å². The maximum atomic E-state index is 13.5. The first-order valence-corrected chi connectivity index (χ1v) is 8.88. The SMILES string of the molecule is CN=C(NCCCOCC(C)C)NCC(c1cccc(F)c1)N(C)C. The molecule has 0 radical (unpaired) electrons. The molecule has 0 aliphatic rings. The zero-order valence-corrected chi connectivity index (χ0v) is 16.2. The highest BCUT2D eigenvalue weighted by Crippen LogP contribution is 2.18. The molecule has 6 heteroatoms. The van der Waals surface area contributed by atoms with Gasteiger partial charge in [-0.3, -0.25) is 4.99 Å². The Balaban J connectivity index is 2.41. The van der Waals surface area contributed by atoms with Crippen LogP contribution in [0.1, 0.15) is 31.9 Å². The summed E-state index contributed by atoms with van der Waals surface area (Å²) in [5.74, 6) is 1.09. The average molecular weight is 352 g/mol. The molecule has 0 aliphatic heterocycles. The second kappa shape index (κ2) is 11.8. The lowest BCUT2D eigenvalue weighted by Gasteiger charge is -2.26. The maximum absolute atomic E-state index is 13.5. The molecule has 5 nitrogen and oxygen atoms in total. The number of nitrogens with one attached hydrogen (secondary N) is 2. The lowest BCUT2D eigenvalue weighted by atomic mass is 10.1. The number of nitrogens with zero attached hydrogens (tertiary/aromatic N) is 2. The Kier molecular flexibility index (Phi) is 10.1. The summed E-state index contributed by atoms with van der Waals surface area (Å²) >= 11 is 0. The van der Waals surface area contributed by atoms with Crippen LogP contribution in [0.4, 0.5) is 4.39 Å². The van der Waals surface area contributed by atoms with E-state index in [1.54, 1.807) is 19.2 Å². The molecule has 0 bridgehead atoms. The Labute approximate surface area is 151 Å². The monoisotopic (exact) mass is 352 g/mol. The fourth-order valence-electron chi connectivity index (χ4n) is 2.43. The summed E-state index contributed by atoms with van der Waals surface area (Å²) in [4.78, 5) is 6.30. The van der Waals surface area contributed by atoms with E-state index in [1.807, 2.05) is 20.2 Å². The third-order valence-corrected chi connectivity index (χ3v) is 3.75. The minimum atomic E-state index is -0.215. The van der Waals surface area contributed by atoms with Gasteiger partial charge in [0.15, 0.2) is 5.96 Å². The van der Waals surface area contributed by atoms with Crippen LogP contribution in [0.3, 0.4) is 0 Å². The van der Waals surface area contributed by atoms with Crippen LogP contribution in [-0.2, 0) is 4.74 Å². The van der Waals surface area contributed by atoms with E-state index in [0.29, 0.717) is 12.5 Å². The predicted molar refractivity (Wildman–Crippen MR) is 102 cm³/mol. The molecule has 1 aromatic carbocycles. The van der Waals surface area contributed by atoms with Crippen LogP contribution in [0.15, 0.2) is 29.3 Å². The van der Waals surface area contributed by atoms with Crippen molar-refractivity contribution in [3.8, 4) is 0 Å². The number of likely N-dealkylation sites (N-methyl/N-ethyl adjacent to an activating group) is 1. The number of hydrogen-bond acceptors (Lipinski definition) is 3. The smallest absolute Gasteiger partial charge is 0.191 e. The summed E-state index contributed by atoms with van der Waals surface area (Å²) < 4.78 is 19.1. The van der Waals surface area contributed by atoms with Crippen LogP contribution in [0.5, 0.6) is 0 Å². The lowest BCUT2D eigenvalue weighted by Crippen LogP contribution is -2.42. The molecule has 0 spiro atoms. The van der Waals surface area contributed by atoms with Gasteiger partial charge in [0.25, 0.3) is 0 Å². The van der Waals surface area contributed by atoms with E-state index in [1.165, 1.54) is 6.07 Å². The van der Waals surface area contributed by atoms with Crippen LogP contribution < -0.4 is 10.6 Å². The van der Waals surface area contributed by atoms with Crippen molar-refractivity contribution in [2.75, 3.05) is 47.4 Å². The van der Waals surface area contributed by atoms with E-state index in [4.69, 9.17) is 4.74 Å². The molecule has 25 heavy (non-hydrogen) atoms. The quantitative estimate of drug-likeness (QED) is 0.386. The highest BCUT2D eigenvalue weighted by molar-refractivity contribution is 5.79. The van der Waals surface area contributed by atoms with E-state index in [2.05, 4.69) is 34.4 Å². The minimum Gasteiger partial charge on any atom is -0.381 e. The second-order valence-corrected chi connectivity index (χ2v) is 6.74. The van der Waals surface area contributed by atoms with Crippen LogP contribution >= 0.6 is 0 Å². The summed E-state index contributed by atoms with van der Waals surface area (Å²) in [5.41, 5.74) is 0.940. The van der Waals surface area contributed by atoms with Crippen molar-refractivity contribution in [1.82, 2.24) is 15.5 Å². The molecule has 142 valence electrons. The van der Waals surface area contributed by atoms with Gasteiger partial charge in [-0.05, 0) is 44.1 Å². The van der Waals surface area contributed by atoms with Crippen molar-refractivity contribution >= 4 is 5.96 Å². The second-order valence-electron chi connectivity index (χ2n) is 6.74. The van der Waals surface area contributed by atoms with Gasteiger partial charge in [-0.15, -0.1) is 0 Å². The van der Waals surface area contributed by atoms with E-state index in [9.17, 15) is 4.39 Å². The molecular weight excluding hydrogens is 319 g/mol. The van der Waals surface area contributed by atoms with Crippen molar-refractivity contribution in [3.63, 3.8) is 0 Å². The molecule has 0 aliphatic carbocycles. The van der Waals surface area contributed by atoms with Crippen molar-refractivity contribution in [2.45, 2.75) is 26.3 Å². The fourth-order valence-corrected chi connectivity index (χ4v) is 2.43. The lowest BCUT2D eigenvalue weighted by molar-refractivity contribution is 0.108. The molecule has 2 N–H and O–H groups in total. The summed E-state index contributed by atoms with van der Waals surface area (Å²) in [6, 6.07) is 6.78. The standard InChI is InChI=1S/C19H33FN4O/c1-15(2)14-25-11-7-10-22-19(21-3)23-13-18(24(4)5)16-8-6-9-17(20)12-16/h6,8-9,12,15,18H,7,10-11,13-14H2,1-5H3,(H2,21,22,23). The van der Waals surface area contributed by atoms with Crippen LogP contribution in [0.25, 0.3) is 0 Å². The van der Waals surface area contributed by atoms with E-state index in [0.717, 1.165) is 37.7 Å². The van der Waals surface area contributed by atoms with Gasteiger partial charge in [0, 0.05) is 33.4 Å². The number of hydrogen-bond donors (Lipinski definition) is 2. The van der Waals surface area contributed by atoms with Gasteiger partial charge in [-0.25, -0.2) is 4.39 Å². The Morgan fingerprint density at radius 1 is 1.28 bits per heavy atom. The molecule has 0 fully saturated rings. The topological polar surface area (TPSA) is 48.9 Å². The molecule has 0 heterocycles. The van der Waals surface area contributed by atoms with Gasteiger partial charge in [-0.2, -0.15) is 0 Å². The third kappa shape index (κ3) is 8.84. The maximum Gasteiger partial charge on any atom is 0.191 e. The number of aliphatic imine (C=N–C) groups is 1. The Morgan fingerprint density at radius 2 is 2.04 bits per heavy atom. The number of ether oxygens (including phenoxy) is 1. The molecule has 1 unspecified atom stereocenters. The Morgan fingerprint density at radius 3 is 2.64 bits per heavy atom. The van der Waals surface area contributed by atoms with Gasteiger partial charge in [0.2, 0.25) is 0 Å². The summed E-state index contributed by atoms with van der Waals surface area (Å²) in [6.07, 6.45) is 0.925.